The van der Waals surface area contributed by atoms with Gasteiger partial charge in [0.2, 0.25) is 0 Å². The molecule has 1 heteroatoms. The lowest BCUT2D eigenvalue weighted by Gasteiger charge is -1.95. The molecular formula is C13H17N. The van der Waals surface area contributed by atoms with Crippen LogP contribution in [-0.4, -0.2) is 13.6 Å². The van der Waals surface area contributed by atoms with Crippen molar-refractivity contribution in [2.24, 2.45) is 0 Å². The molecule has 0 unspecified atom stereocenters. The minimum Gasteiger partial charge on any atom is -0.319 e. The van der Waals surface area contributed by atoms with Crippen molar-refractivity contribution in [3.8, 4) is 11.8 Å². The first-order valence-electron chi connectivity index (χ1n) is 5.09. The highest BCUT2D eigenvalue weighted by atomic mass is 14.8. The van der Waals surface area contributed by atoms with Crippen LogP contribution in [0.4, 0.5) is 0 Å². The Morgan fingerprint density at radius 1 is 1.21 bits per heavy atom. The summed E-state index contributed by atoms with van der Waals surface area (Å²) in [6, 6.07) is 8.46. The van der Waals surface area contributed by atoms with Crippen LogP contribution in [-0.2, 0) is 6.42 Å². The van der Waals surface area contributed by atoms with Crippen LogP contribution in [0.15, 0.2) is 24.3 Å². The lowest BCUT2D eigenvalue weighted by molar-refractivity contribution is 0.818. The molecule has 0 spiro atoms. The van der Waals surface area contributed by atoms with E-state index in [1.165, 1.54) is 5.56 Å². The van der Waals surface area contributed by atoms with Gasteiger partial charge in [-0.3, -0.25) is 0 Å². The van der Waals surface area contributed by atoms with E-state index < -0.39 is 0 Å². The van der Waals surface area contributed by atoms with Gasteiger partial charge in [-0.05, 0) is 31.2 Å². The third kappa shape index (κ3) is 3.64. The summed E-state index contributed by atoms with van der Waals surface area (Å²) in [5.41, 5.74) is 2.48. The van der Waals surface area contributed by atoms with E-state index in [1.807, 2.05) is 7.05 Å². The van der Waals surface area contributed by atoms with Crippen LogP contribution in [0.25, 0.3) is 0 Å². The fourth-order valence-corrected chi connectivity index (χ4v) is 1.18. The van der Waals surface area contributed by atoms with Crippen LogP contribution in [0.2, 0.25) is 0 Å². The molecule has 0 aliphatic carbocycles. The second-order valence-corrected chi connectivity index (χ2v) is 3.21. The minimum absolute atomic E-state index is 0.909. The first-order chi connectivity index (χ1) is 6.86. The molecule has 0 fully saturated rings. The maximum atomic E-state index is 3.14. The molecule has 0 amide bonds. The molecule has 0 saturated heterocycles. The Labute approximate surface area is 86.5 Å². The van der Waals surface area contributed by atoms with Gasteiger partial charge >= 0.3 is 0 Å². The standard InChI is InChI=1S/C13H17N/c1-3-12-7-9-13(10-8-12)6-4-5-11-14-2/h7-10,14H,3,5,11H2,1-2H3. The van der Waals surface area contributed by atoms with Crippen LogP contribution >= 0.6 is 0 Å². The molecule has 1 rings (SSSR count). The van der Waals surface area contributed by atoms with Crippen molar-refractivity contribution < 1.29 is 0 Å². The van der Waals surface area contributed by atoms with Gasteiger partial charge in [-0.2, -0.15) is 0 Å². The first kappa shape index (κ1) is 10.8. The van der Waals surface area contributed by atoms with E-state index in [1.54, 1.807) is 0 Å². The second kappa shape index (κ2) is 6.23. The SMILES string of the molecule is CCc1ccc(C#CCCNC)cc1. The maximum absolute atomic E-state index is 3.14. The molecule has 0 aromatic heterocycles. The molecule has 0 atom stereocenters. The summed E-state index contributed by atoms with van der Waals surface area (Å²) in [7, 11) is 1.94. The Balaban J connectivity index is 2.53. The molecule has 1 aromatic rings. The molecule has 0 bridgehead atoms. The van der Waals surface area contributed by atoms with Crippen molar-refractivity contribution in [1.82, 2.24) is 5.32 Å². The van der Waals surface area contributed by atoms with E-state index in [-0.39, 0.29) is 0 Å². The van der Waals surface area contributed by atoms with Crippen molar-refractivity contribution in [2.45, 2.75) is 19.8 Å². The van der Waals surface area contributed by atoms with Gasteiger partial charge < -0.3 is 5.32 Å². The Hall–Kier alpha value is -1.26. The molecule has 1 aromatic carbocycles. The van der Waals surface area contributed by atoms with Crippen molar-refractivity contribution in [1.29, 1.82) is 0 Å². The molecule has 1 N–H and O–H groups in total. The zero-order chi connectivity index (χ0) is 10.2. The van der Waals surface area contributed by atoms with Crippen molar-refractivity contribution in [3.63, 3.8) is 0 Å². The second-order valence-electron chi connectivity index (χ2n) is 3.21. The van der Waals surface area contributed by atoms with Crippen LogP contribution in [0, 0.1) is 11.8 Å². The highest BCUT2D eigenvalue weighted by Gasteiger charge is 1.88. The van der Waals surface area contributed by atoms with Crippen molar-refractivity contribution >= 4 is 0 Å². The van der Waals surface area contributed by atoms with Crippen LogP contribution in [0.3, 0.4) is 0 Å². The Bertz CT molecular complexity index is 313. The lowest BCUT2D eigenvalue weighted by atomic mass is 10.1. The van der Waals surface area contributed by atoms with E-state index in [0.29, 0.717) is 0 Å². The van der Waals surface area contributed by atoms with E-state index in [0.717, 1.165) is 24.9 Å². The fraction of sp³-hybridized carbons (Fsp3) is 0.385. The average Bonchev–Trinajstić information content (AvgIpc) is 2.25. The number of nitrogens with one attached hydrogen (secondary N) is 1. The number of benzene rings is 1. The zero-order valence-electron chi connectivity index (χ0n) is 8.93. The summed E-state index contributed by atoms with van der Waals surface area (Å²) in [6.45, 7) is 3.12. The number of hydrogen-bond acceptors (Lipinski definition) is 1. The highest BCUT2D eigenvalue weighted by Crippen LogP contribution is 2.03. The predicted octanol–water partition coefficient (Wildman–Crippen LogP) is 2.21. The van der Waals surface area contributed by atoms with Crippen LogP contribution in [0.1, 0.15) is 24.5 Å². The molecule has 0 radical (unpaired) electrons. The maximum Gasteiger partial charge on any atom is 0.0245 e. The van der Waals surface area contributed by atoms with Gasteiger partial charge in [0, 0.05) is 18.5 Å². The molecule has 0 heterocycles. The van der Waals surface area contributed by atoms with Crippen molar-refractivity contribution in [2.75, 3.05) is 13.6 Å². The predicted molar refractivity (Wildman–Crippen MR) is 61.2 cm³/mol. The number of rotatable bonds is 3. The molecule has 0 aliphatic heterocycles. The third-order valence-corrected chi connectivity index (χ3v) is 2.09. The number of aryl methyl sites for hydroxylation is 1. The summed E-state index contributed by atoms with van der Waals surface area (Å²) in [4.78, 5) is 0. The molecule has 1 nitrogen and oxygen atoms in total. The van der Waals surface area contributed by atoms with E-state index >= 15 is 0 Å². The number of hydrogen-bond donors (Lipinski definition) is 1. The Kier molecular flexibility index (Phi) is 4.82. The Morgan fingerprint density at radius 3 is 2.50 bits per heavy atom. The van der Waals surface area contributed by atoms with E-state index in [9.17, 15) is 0 Å². The third-order valence-electron chi connectivity index (χ3n) is 2.09. The summed E-state index contributed by atoms with van der Waals surface area (Å²) >= 11 is 0. The molecular weight excluding hydrogens is 170 g/mol. The van der Waals surface area contributed by atoms with Crippen LogP contribution < -0.4 is 5.32 Å². The normalized spacial score (nSPS) is 9.29. The van der Waals surface area contributed by atoms with Crippen molar-refractivity contribution in [3.05, 3.63) is 35.4 Å². The minimum atomic E-state index is 0.909. The summed E-state index contributed by atoms with van der Waals surface area (Å²) in [5.74, 6) is 6.27. The monoisotopic (exact) mass is 187 g/mol. The quantitative estimate of drug-likeness (QED) is 0.565. The first-order valence-corrected chi connectivity index (χ1v) is 5.09. The molecule has 14 heavy (non-hydrogen) atoms. The molecule has 0 aliphatic rings. The smallest absolute Gasteiger partial charge is 0.0245 e. The largest absolute Gasteiger partial charge is 0.319 e. The fourth-order valence-electron chi connectivity index (χ4n) is 1.18. The van der Waals surface area contributed by atoms with E-state index in [2.05, 4.69) is 48.3 Å². The van der Waals surface area contributed by atoms with Gasteiger partial charge in [0.1, 0.15) is 0 Å². The highest BCUT2D eigenvalue weighted by molar-refractivity contribution is 5.36. The average molecular weight is 187 g/mol. The Morgan fingerprint density at radius 2 is 1.93 bits per heavy atom. The van der Waals surface area contributed by atoms with Gasteiger partial charge in [0.25, 0.3) is 0 Å². The van der Waals surface area contributed by atoms with Gasteiger partial charge in [-0.25, -0.2) is 0 Å². The zero-order valence-corrected chi connectivity index (χ0v) is 8.93. The summed E-state index contributed by atoms with van der Waals surface area (Å²) < 4.78 is 0. The molecule has 74 valence electrons. The summed E-state index contributed by atoms with van der Waals surface area (Å²) in [6.07, 6.45) is 2.00. The topological polar surface area (TPSA) is 12.0 Å². The van der Waals surface area contributed by atoms with Gasteiger partial charge in [-0.1, -0.05) is 30.9 Å². The van der Waals surface area contributed by atoms with Crippen LogP contribution in [0.5, 0.6) is 0 Å². The van der Waals surface area contributed by atoms with Gasteiger partial charge in [0.15, 0.2) is 0 Å². The summed E-state index contributed by atoms with van der Waals surface area (Å²) in [5, 5.41) is 3.07. The lowest BCUT2D eigenvalue weighted by Crippen LogP contribution is -2.05. The van der Waals surface area contributed by atoms with Gasteiger partial charge in [-0.15, -0.1) is 0 Å². The van der Waals surface area contributed by atoms with Gasteiger partial charge in [0.05, 0.1) is 0 Å². The molecule has 0 saturated carbocycles. The van der Waals surface area contributed by atoms with E-state index in [4.69, 9.17) is 0 Å².